The Labute approximate surface area is 78.2 Å². The molecule has 0 aliphatic heterocycles. The molecule has 1 atom stereocenters. The van der Waals surface area contributed by atoms with Crippen LogP contribution in [0.3, 0.4) is 0 Å². The molecular formula is C7H7N5O2. The van der Waals surface area contributed by atoms with Gasteiger partial charge in [-0.2, -0.15) is 9.61 Å². The Morgan fingerprint density at radius 1 is 1.57 bits per heavy atom. The van der Waals surface area contributed by atoms with E-state index < -0.39 is 12.0 Å². The molecule has 0 amide bonds. The van der Waals surface area contributed by atoms with Crippen LogP contribution in [0, 0.1) is 0 Å². The Morgan fingerprint density at radius 3 is 3.07 bits per heavy atom. The van der Waals surface area contributed by atoms with Gasteiger partial charge >= 0.3 is 5.97 Å². The average Bonchev–Trinajstić information content (AvgIpc) is 2.60. The molecule has 0 fully saturated rings. The number of carbonyl (C=O) groups is 1. The van der Waals surface area contributed by atoms with Gasteiger partial charge in [-0.25, -0.2) is 0 Å². The van der Waals surface area contributed by atoms with Crippen molar-refractivity contribution >= 4 is 11.6 Å². The number of carboxylic acids is 1. The van der Waals surface area contributed by atoms with E-state index in [1.54, 1.807) is 12.1 Å². The minimum absolute atomic E-state index is 0.119. The molecule has 2 aromatic rings. The first-order valence-electron chi connectivity index (χ1n) is 3.85. The molecule has 2 heterocycles. The predicted octanol–water partition coefficient (Wildman–Crippen LogP) is -0.791. The maximum atomic E-state index is 10.6. The van der Waals surface area contributed by atoms with E-state index in [4.69, 9.17) is 10.8 Å². The van der Waals surface area contributed by atoms with Gasteiger partial charge < -0.3 is 10.8 Å². The maximum absolute atomic E-state index is 10.6. The Morgan fingerprint density at radius 2 is 2.36 bits per heavy atom. The van der Waals surface area contributed by atoms with Crippen molar-refractivity contribution in [1.29, 1.82) is 0 Å². The fraction of sp³-hybridized carbons (Fsp3) is 0.143. The molecule has 1 unspecified atom stereocenters. The second-order valence-corrected chi connectivity index (χ2v) is 2.67. The van der Waals surface area contributed by atoms with Gasteiger partial charge in [0.25, 0.3) is 0 Å². The first kappa shape index (κ1) is 8.57. The van der Waals surface area contributed by atoms with Gasteiger partial charge in [-0.05, 0) is 12.1 Å². The van der Waals surface area contributed by atoms with Crippen LogP contribution in [0.4, 0.5) is 0 Å². The van der Waals surface area contributed by atoms with E-state index in [9.17, 15) is 4.79 Å². The van der Waals surface area contributed by atoms with Gasteiger partial charge in [0.2, 0.25) is 0 Å². The first-order valence-corrected chi connectivity index (χ1v) is 3.85. The van der Waals surface area contributed by atoms with Gasteiger partial charge in [-0.1, -0.05) is 0 Å². The molecule has 2 rings (SSSR count). The molecule has 7 heteroatoms. The van der Waals surface area contributed by atoms with Crippen LogP contribution >= 0.6 is 0 Å². The summed E-state index contributed by atoms with van der Waals surface area (Å²) in [5.74, 6) is -1.04. The van der Waals surface area contributed by atoms with Crippen molar-refractivity contribution in [2.45, 2.75) is 6.04 Å². The molecule has 7 nitrogen and oxygen atoms in total. The third-order valence-corrected chi connectivity index (χ3v) is 1.75. The molecule has 0 aromatic carbocycles. The highest BCUT2D eigenvalue weighted by Crippen LogP contribution is 2.07. The van der Waals surface area contributed by atoms with E-state index in [1.165, 1.54) is 10.7 Å². The lowest BCUT2D eigenvalue weighted by Crippen LogP contribution is -2.23. The van der Waals surface area contributed by atoms with Gasteiger partial charge in [-0.15, -0.1) is 10.2 Å². The SMILES string of the molecule is NC(C(=O)O)c1nnc2cccnn12. The number of aromatic nitrogens is 4. The van der Waals surface area contributed by atoms with E-state index in [0.29, 0.717) is 5.65 Å². The zero-order valence-electron chi connectivity index (χ0n) is 7.03. The van der Waals surface area contributed by atoms with Gasteiger partial charge in [0, 0.05) is 6.20 Å². The van der Waals surface area contributed by atoms with Crippen LogP contribution in [0.25, 0.3) is 5.65 Å². The second kappa shape index (κ2) is 3.04. The third kappa shape index (κ3) is 1.19. The van der Waals surface area contributed by atoms with Crippen molar-refractivity contribution in [3.8, 4) is 0 Å². The number of nitrogens with zero attached hydrogens (tertiary/aromatic N) is 4. The van der Waals surface area contributed by atoms with Gasteiger partial charge in [0.15, 0.2) is 17.5 Å². The van der Waals surface area contributed by atoms with Crippen LogP contribution in [-0.2, 0) is 4.79 Å². The van der Waals surface area contributed by atoms with Crippen LogP contribution < -0.4 is 5.73 Å². The number of fused-ring (bicyclic) bond motifs is 1. The molecule has 72 valence electrons. The molecule has 0 bridgehead atoms. The van der Waals surface area contributed by atoms with Crippen molar-refractivity contribution in [3.63, 3.8) is 0 Å². The predicted molar refractivity (Wildman–Crippen MR) is 45.3 cm³/mol. The monoisotopic (exact) mass is 193 g/mol. The van der Waals surface area contributed by atoms with Gasteiger partial charge in [0.05, 0.1) is 0 Å². The van der Waals surface area contributed by atoms with E-state index in [-0.39, 0.29) is 5.82 Å². The molecule has 0 radical (unpaired) electrons. The average molecular weight is 193 g/mol. The summed E-state index contributed by atoms with van der Waals surface area (Å²) < 4.78 is 1.30. The van der Waals surface area contributed by atoms with Gasteiger partial charge in [-0.3, -0.25) is 4.79 Å². The normalized spacial score (nSPS) is 12.9. The summed E-state index contributed by atoms with van der Waals surface area (Å²) in [6.45, 7) is 0. The number of hydrogen-bond donors (Lipinski definition) is 2. The van der Waals surface area contributed by atoms with Crippen LogP contribution in [0.5, 0.6) is 0 Å². The number of carboxylic acid groups (broad SMARTS) is 1. The van der Waals surface area contributed by atoms with Gasteiger partial charge in [0.1, 0.15) is 0 Å². The minimum Gasteiger partial charge on any atom is -0.480 e. The van der Waals surface area contributed by atoms with Crippen molar-refractivity contribution in [1.82, 2.24) is 19.8 Å². The molecular weight excluding hydrogens is 186 g/mol. The molecule has 0 saturated carbocycles. The molecule has 0 saturated heterocycles. The molecule has 3 N–H and O–H groups in total. The van der Waals surface area contributed by atoms with Crippen LogP contribution in [0.1, 0.15) is 11.9 Å². The second-order valence-electron chi connectivity index (χ2n) is 2.67. The standard InChI is InChI=1S/C7H7N5O2/c8-5(7(13)14)6-11-10-4-2-1-3-9-12(4)6/h1-3,5H,8H2,(H,13,14). The quantitative estimate of drug-likeness (QED) is 0.647. The molecule has 0 aliphatic rings. The summed E-state index contributed by atoms with van der Waals surface area (Å²) in [4.78, 5) is 10.6. The molecule has 14 heavy (non-hydrogen) atoms. The molecule has 0 spiro atoms. The summed E-state index contributed by atoms with van der Waals surface area (Å²) >= 11 is 0. The fourth-order valence-corrected chi connectivity index (χ4v) is 1.07. The Hall–Kier alpha value is -2.02. The summed E-state index contributed by atoms with van der Waals surface area (Å²) in [6.07, 6.45) is 1.51. The van der Waals surface area contributed by atoms with E-state index in [1.807, 2.05) is 0 Å². The topological polar surface area (TPSA) is 106 Å². The molecule has 2 aromatic heterocycles. The highest BCUT2D eigenvalue weighted by molar-refractivity contribution is 5.74. The first-order chi connectivity index (χ1) is 6.70. The van der Waals surface area contributed by atoms with E-state index in [2.05, 4.69) is 15.3 Å². The zero-order valence-corrected chi connectivity index (χ0v) is 7.03. The van der Waals surface area contributed by atoms with Crippen molar-refractivity contribution in [2.75, 3.05) is 0 Å². The van der Waals surface area contributed by atoms with Crippen molar-refractivity contribution in [2.24, 2.45) is 5.73 Å². The van der Waals surface area contributed by atoms with Crippen molar-refractivity contribution in [3.05, 3.63) is 24.2 Å². The lowest BCUT2D eigenvalue weighted by atomic mass is 10.3. The zero-order chi connectivity index (χ0) is 10.1. The summed E-state index contributed by atoms with van der Waals surface area (Å²) in [7, 11) is 0. The Kier molecular flexibility index (Phi) is 1.86. The Bertz CT molecular complexity index is 480. The van der Waals surface area contributed by atoms with Crippen LogP contribution in [-0.4, -0.2) is 30.9 Å². The lowest BCUT2D eigenvalue weighted by molar-refractivity contribution is -0.138. The number of rotatable bonds is 2. The summed E-state index contributed by atoms with van der Waals surface area (Å²) in [6, 6.07) is 2.14. The summed E-state index contributed by atoms with van der Waals surface area (Å²) in [5.41, 5.74) is 5.86. The number of aliphatic carboxylic acids is 1. The maximum Gasteiger partial charge on any atom is 0.328 e. The lowest BCUT2D eigenvalue weighted by Gasteiger charge is -2.01. The highest BCUT2D eigenvalue weighted by atomic mass is 16.4. The minimum atomic E-state index is -1.21. The van der Waals surface area contributed by atoms with Crippen LogP contribution in [0.15, 0.2) is 18.3 Å². The largest absolute Gasteiger partial charge is 0.480 e. The molecule has 0 aliphatic carbocycles. The number of nitrogens with two attached hydrogens (primary N) is 1. The van der Waals surface area contributed by atoms with Crippen molar-refractivity contribution < 1.29 is 9.90 Å². The smallest absolute Gasteiger partial charge is 0.328 e. The fourth-order valence-electron chi connectivity index (χ4n) is 1.07. The van der Waals surface area contributed by atoms with E-state index >= 15 is 0 Å². The van der Waals surface area contributed by atoms with E-state index in [0.717, 1.165) is 0 Å². The summed E-state index contributed by atoms with van der Waals surface area (Å²) in [5, 5.41) is 20.0. The Balaban J connectivity index is 2.58. The number of hydrogen-bond acceptors (Lipinski definition) is 5. The third-order valence-electron chi connectivity index (χ3n) is 1.75. The van der Waals surface area contributed by atoms with Crippen LogP contribution in [0.2, 0.25) is 0 Å². The highest BCUT2D eigenvalue weighted by Gasteiger charge is 2.20.